The van der Waals surface area contributed by atoms with E-state index in [9.17, 15) is 17.6 Å². The van der Waals surface area contributed by atoms with E-state index in [1.165, 1.54) is 12.1 Å². The third-order valence-electron chi connectivity index (χ3n) is 4.44. The third-order valence-corrected chi connectivity index (χ3v) is 7.63. The van der Waals surface area contributed by atoms with Crippen molar-refractivity contribution in [3.05, 3.63) is 34.1 Å². The predicted molar refractivity (Wildman–Crippen MR) is 85.8 cm³/mol. The molecule has 0 radical (unpaired) electrons. The van der Waals surface area contributed by atoms with Crippen molar-refractivity contribution in [2.75, 3.05) is 0 Å². The topological polar surface area (TPSA) is 95.8 Å². The molecule has 1 saturated carbocycles. The summed E-state index contributed by atoms with van der Waals surface area (Å²) in [6.07, 6.45) is -1.36. The second-order valence-electron chi connectivity index (χ2n) is 6.02. The molecular weight excluding hydrogens is 410 g/mol. The molecule has 6 nitrogen and oxygen atoms in total. The number of hydrogen-bond donors (Lipinski definition) is 2. The standard InChI is InChI=1S/C14H13BrF2N2O4S/c1-13(8-6-7(15)2-3-9(8)16)10(17)24(22,23)14(4-5-14)11(19-13)18-12(20)21/h2-3,6,10H,4-5H2,1H3,(H,18,19)(H,20,21)/t10?,13-/m1/s1. The molecule has 1 aliphatic heterocycles. The minimum Gasteiger partial charge on any atom is -0.465 e. The molecule has 2 atom stereocenters. The number of amides is 1. The Morgan fingerprint density at radius 1 is 1.46 bits per heavy atom. The van der Waals surface area contributed by atoms with E-state index in [1.807, 2.05) is 5.32 Å². The number of alkyl halides is 1. The van der Waals surface area contributed by atoms with Gasteiger partial charge in [0, 0.05) is 10.0 Å². The number of benzene rings is 1. The van der Waals surface area contributed by atoms with Gasteiger partial charge in [0.05, 0.1) is 0 Å². The first-order valence-corrected chi connectivity index (χ1v) is 9.32. The number of carboxylic acid groups (broad SMARTS) is 1. The summed E-state index contributed by atoms with van der Waals surface area (Å²) >= 11 is 3.13. The summed E-state index contributed by atoms with van der Waals surface area (Å²) < 4.78 is 53.3. The van der Waals surface area contributed by atoms with Gasteiger partial charge in [0.2, 0.25) is 5.50 Å². The molecule has 10 heteroatoms. The molecule has 0 bridgehead atoms. The molecular formula is C14H13BrF2N2O4S. The highest BCUT2D eigenvalue weighted by molar-refractivity contribution is 9.10. The van der Waals surface area contributed by atoms with Crippen LogP contribution in [-0.2, 0) is 15.4 Å². The molecule has 1 heterocycles. The Balaban J connectivity index is 2.26. The van der Waals surface area contributed by atoms with Crippen LogP contribution in [0.25, 0.3) is 0 Å². The van der Waals surface area contributed by atoms with E-state index in [1.54, 1.807) is 0 Å². The van der Waals surface area contributed by atoms with Crippen molar-refractivity contribution < 1.29 is 27.1 Å². The Labute approximate surface area is 145 Å². The highest BCUT2D eigenvalue weighted by atomic mass is 79.9. The van der Waals surface area contributed by atoms with Gasteiger partial charge in [-0.2, -0.15) is 0 Å². The summed E-state index contributed by atoms with van der Waals surface area (Å²) in [5.74, 6) is -1.19. The van der Waals surface area contributed by atoms with Crippen LogP contribution in [0.5, 0.6) is 0 Å². The van der Waals surface area contributed by atoms with Crippen LogP contribution in [0.4, 0.5) is 13.6 Å². The Kier molecular flexibility index (Phi) is 3.76. The quantitative estimate of drug-likeness (QED) is 0.726. The zero-order chi connectivity index (χ0) is 17.9. The number of carbonyl (C=O) groups is 1. The number of sulfone groups is 1. The summed E-state index contributed by atoms with van der Waals surface area (Å²) in [7, 11) is -4.41. The van der Waals surface area contributed by atoms with Crippen molar-refractivity contribution in [2.24, 2.45) is 4.99 Å². The smallest absolute Gasteiger partial charge is 0.410 e. The van der Waals surface area contributed by atoms with E-state index in [4.69, 9.17) is 5.11 Å². The minimum absolute atomic E-state index is 0.0753. The van der Waals surface area contributed by atoms with E-state index in [-0.39, 0.29) is 24.2 Å². The molecule has 1 unspecified atom stereocenters. The van der Waals surface area contributed by atoms with E-state index >= 15 is 4.39 Å². The summed E-state index contributed by atoms with van der Waals surface area (Å²) in [5, 5.41) is 10.9. The first-order valence-electron chi connectivity index (χ1n) is 6.98. The molecule has 1 aromatic rings. The van der Waals surface area contributed by atoms with Gasteiger partial charge < -0.3 is 5.11 Å². The summed E-state index contributed by atoms with van der Waals surface area (Å²) in [4.78, 5) is 15.0. The molecule has 0 aromatic heterocycles. The predicted octanol–water partition coefficient (Wildman–Crippen LogP) is 2.73. The van der Waals surface area contributed by atoms with Gasteiger partial charge in [-0.05, 0) is 38.0 Å². The lowest BCUT2D eigenvalue weighted by molar-refractivity contribution is 0.199. The van der Waals surface area contributed by atoms with Crippen LogP contribution in [0, 0.1) is 5.82 Å². The van der Waals surface area contributed by atoms with Gasteiger partial charge >= 0.3 is 6.09 Å². The Morgan fingerprint density at radius 2 is 2.08 bits per heavy atom. The van der Waals surface area contributed by atoms with Crippen LogP contribution >= 0.6 is 15.9 Å². The molecule has 130 valence electrons. The number of hydrogen-bond acceptors (Lipinski definition) is 4. The van der Waals surface area contributed by atoms with Gasteiger partial charge in [-0.1, -0.05) is 15.9 Å². The van der Waals surface area contributed by atoms with Gasteiger partial charge in [0.25, 0.3) is 0 Å². The Bertz CT molecular complexity index is 870. The number of aliphatic imine (C=N–C) groups is 1. The molecule has 24 heavy (non-hydrogen) atoms. The zero-order valence-corrected chi connectivity index (χ0v) is 14.8. The normalized spacial score (nSPS) is 29.8. The van der Waals surface area contributed by atoms with Crippen molar-refractivity contribution >= 4 is 37.7 Å². The minimum atomic E-state index is -4.41. The second-order valence-corrected chi connectivity index (χ2v) is 9.22. The van der Waals surface area contributed by atoms with Crippen LogP contribution in [-0.4, -0.2) is 35.7 Å². The fourth-order valence-corrected chi connectivity index (χ4v) is 5.54. The van der Waals surface area contributed by atoms with Crippen LogP contribution in [0.15, 0.2) is 27.7 Å². The maximum Gasteiger partial charge on any atom is 0.410 e. The lowest BCUT2D eigenvalue weighted by Gasteiger charge is -2.38. The van der Waals surface area contributed by atoms with Crippen molar-refractivity contribution in [2.45, 2.75) is 35.6 Å². The lowest BCUT2D eigenvalue weighted by Crippen LogP contribution is -2.56. The first-order chi connectivity index (χ1) is 11.0. The van der Waals surface area contributed by atoms with Crippen LogP contribution in [0.3, 0.4) is 0 Å². The molecule has 0 saturated heterocycles. The Morgan fingerprint density at radius 3 is 2.62 bits per heavy atom. The zero-order valence-electron chi connectivity index (χ0n) is 12.4. The lowest BCUT2D eigenvalue weighted by atomic mass is 9.92. The van der Waals surface area contributed by atoms with Crippen molar-refractivity contribution in [1.29, 1.82) is 0 Å². The highest BCUT2D eigenvalue weighted by Gasteiger charge is 2.68. The van der Waals surface area contributed by atoms with Crippen molar-refractivity contribution in [3.8, 4) is 0 Å². The maximum atomic E-state index is 15.0. The average molecular weight is 423 g/mol. The summed E-state index contributed by atoms with van der Waals surface area (Å²) in [6, 6.07) is 3.69. The largest absolute Gasteiger partial charge is 0.465 e. The van der Waals surface area contributed by atoms with Crippen LogP contribution in [0.1, 0.15) is 25.3 Å². The van der Waals surface area contributed by atoms with Crippen LogP contribution < -0.4 is 5.32 Å². The molecule has 2 N–H and O–H groups in total. The van der Waals surface area contributed by atoms with E-state index in [2.05, 4.69) is 20.9 Å². The first kappa shape index (κ1) is 17.3. The van der Waals surface area contributed by atoms with Gasteiger partial charge in [-0.3, -0.25) is 10.3 Å². The molecule has 1 aliphatic carbocycles. The van der Waals surface area contributed by atoms with Gasteiger partial charge in [-0.15, -0.1) is 0 Å². The average Bonchev–Trinajstić information content (AvgIpc) is 3.28. The number of nitrogens with zero attached hydrogens (tertiary/aromatic N) is 1. The van der Waals surface area contributed by atoms with Gasteiger partial charge in [-0.25, -0.2) is 22.0 Å². The molecule has 1 fully saturated rings. The fourth-order valence-electron chi connectivity index (χ4n) is 2.97. The number of nitrogens with one attached hydrogen (secondary N) is 1. The molecule has 1 amide bonds. The summed E-state index contributed by atoms with van der Waals surface area (Å²) in [5.41, 5.74) is -4.86. The molecule has 1 spiro atoms. The van der Waals surface area contributed by atoms with Crippen molar-refractivity contribution in [3.63, 3.8) is 0 Å². The molecule has 1 aromatic carbocycles. The summed E-state index contributed by atoms with van der Waals surface area (Å²) in [6.45, 7) is 1.14. The Hall–Kier alpha value is -1.55. The van der Waals surface area contributed by atoms with E-state index in [0.29, 0.717) is 4.47 Å². The number of rotatable bonds is 1. The molecule has 2 aliphatic rings. The highest BCUT2D eigenvalue weighted by Crippen LogP contribution is 2.54. The molecule has 3 rings (SSSR count). The fraction of sp³-hybridized carbons (Fsp3) is 0.429. The number of amidine groups is 1. The van der Waals surface area contributed by atoms with Crippen molar-refractivity contribution in [1.82, 2.24) is 5.32 Å². The monoisotopic (exact) mass is 422 g/mol. The second kappa shape index (κ2) is 5.22. The SMILES string of the molecule is C[C@]1(c2cc(Br)ccc2F)N=C(NC(=O)O)C2(CC2)S(=O)(=O)C1F. The maximum absolute atomic E-state index is 15.0. The number of halogens is 3. The van der Waals surface area contributed by atoms with E-state index in [0.717, 1.165) is 13.0 Å². The van der Waals surface area contributed by atoms with Gasteiger partial charge in [0.1, 0.15) is 21.9 Å². The van der Waals surface area contributed by atoms with E-state index < -0.39 is 37.5 Å². The van der Waals surface area contributed by atoms with Crippen LogP contribution in [0.2, 0.25) is 0 Å². The van der Waals surface area contributed by atoms with Gasteiger partial charge in [0.15, 0.2) is 9.84 Å². The third kappa shape index (κ3) is 2.26.